The molecule has 2 aromatic rings. The highest BCUT2D eigenvalue weighted by Gasteiger charge is 2.15. The van der Waals surface area contributed by atoms with Crippen LogP contribution < -0.4 is 5.32 Å². The van der Waals surface area contributed by atoms with Crippen molar-refractivity contribution in [2.75, 3.05) is 7.05 Å². The maximum Gasteiger partial charge on any atom is 0.0643 e. The SMILES string of the molecule is CCC(C)n1ccc(CC(NC)c2ccc(C)nc2C)n1. The lowest BCUT2D eigenvalue weighted by molar-refractivity contribution is 0.469. The first-order valence-electron chi connectivity index (χ1n) is 7.70. The van der Waals surface area contributed by atoms with Gasteiger partial charge in [-0.3, -0.25) is 9.67 Å². The highest BCUT2D eigenvalue weighted by atomic mass is 15.3. The number of hydrogen-bond donors (Lipinski definition) is 1. The molecule has 4 heteroatoms. The fraction of sp³-hybridized carbons (Fsp3) is 0.529. The molecule has 0 saturated carbocycles. The smallest absolute Gasteiger partial charge is 0.0643 e. The van der Waals surface area contributed by atoms with Gasteiger partial charge in [-0.1, -0.05) is 13.0 Å². The third-order valence-electron chi connectivity index (χ3n) is 4.11. The van der Waals surface area contributed by atoms with Crippen molar-refractivity contribution >= 4 is 0 Å². The van der Waals surface area contributed by atoms with Gasteiger partial charge in [0.2, 0.25) is 0 Å². The van der Waals surface area contributed by atoms with E-state index in [1.54, 1.807) is 0 Å². The molecule has 114 valence electrons. The van der Waals surface area contributed by atoms with Crippen molar-refractivity contribution in [1.29, 1.82) is 0 Å². The number of nitrogens with one attached hydrogen (secondary N) is 1. The molecule has 0 aromatic carbocycles. The summed E-state index contributed by atoms with van der Waals surface area (Å²) >= 11 is 0. The Morgan fingerprint density at radius 2 is 2.00 bits per heavy atom. The van der Waals surface area contributed by atoms with Crippen molar-refractivity contribution in [3.63, 3.8) is 0 Å². The van der Waals surface area contributed by atoms with E-state index in [-0.39, 0.29) is 6.04 Å². The first kappa shape index (κ1) is 15.7. The average molecular weight is 286 g/mol. The van der Waals surface area contributed by atoms with Crippen LogP contribution in [0.5, 0.6) is 0 Å². The number of rotatable bonds is 6. The van der Waals surface area contributed by atoms with Gasteiger partial charge in [-0.2, -0.15) is 5.10 Å². The van der Waals surface area contributed by atoms with Crippen LogP contribution in [0.15, 0.2) is 24.4 Å². The van der Waals surface area contributed by atoms with Gasteiger partial charge in [0.15, 0.2) is 0 Å². The summed E-state index contributed by atoms with van der Waals surface area (Å²) in [4.78, 5) is 4.57. The fourth-order valence-corrected chi connectivity index (χ4v) is 2.56. The molecular formula is C17H26N4. The van der Waals surface area contributed by atoms with Gasteiger partial charge in [0.1, 0.15) is 0 Å². The molecule has 0 aliphatic carbocycles. The lowest BCUT2D eigenvalue weighted by Gasteiger charge is -2.18. The Labute approximate surface area is 127 Å². The van der Waals surface area contributed by atoms with Crippen molar-refractivity contribution in [2.45, 2.75) is 52.6 Å². The number of likely N-dealkylation sites (N-methyl/N-ethyl adjacent to an activating group) is 1. The summed E-state index contributed by atoms with van der Waals surface area (Å²) in [6.07, 6.45) is 4.06. The quantitative estimate of drug-likeness (QED) is 0.885. The van der Waals surface area contributed by atoms with E-state index < -0.39 is 0 Å². The van der Waals surface area contributed by atoms with E-state index in [0.29, 0.717) is 6.04 Å². The van der Waals surface area contributed by atoms with Crippen molar-refractivity contribution in [3.05, 3.63) is 47.0 Å². The van der Waals surface area contributed by atoms with Crippen molar-refractivity contribution in [1.82, 2.24) is 20.1 Å². The summed E-state index contributed by atoms with van der Waals surface area (Å²) in [6, 6.07) is 7.07. The lowest BCUT2D eigenvalue weighted by Crippen LogP contribution is -2.21. The maximum absolute atomic E-state index is 4.70. The van der Waals surface area contributed by atoms with Gasteiger partial charge >= 0.3 is 0 Å². The van der Waals surface area contributed by atoms with Gasteiger partial charge in [0, 0.05) is 36.1 Å². The fourth-order valence-electron chi connectivity index (χ4n) is 2.56. The summed E-state index contributed by atoms with van der Waals surface area (Å²) in [5.74, 6) is 0. The molecule has 0 saturated heterocycles. The maximum atomic E-state index is 4.70. The van der Waals surface area contributed by atoms with Crippen LogP contribution in [0.3, 0.4) is 0 Å². The minimum absolute atomic E-state index is 0.249. The zero-order valence-corrected chi connectivity index (χ0v) is 13.7. The molecular weight excluding hydrogens is 260 g/mol. The molecule has 0 radical (unpaired) electrons. The minimum Gasteiger partial charge on any atom is -0.313 e. The number of pyridine rings is 1. The number of aryl methyl sites for hydroxylation is 2. The molecule has 0 bridgehead atoms. The summed E-state index contributed by atoms with van der Waals surface area (Å²) in [5, 5.41) is 8.09. The van der Waals surface area contributed by atoms with Crippen molar-refractivity contribution in [3.8, 4) is 0 Å². The van der Waals surface area contributed by atoms with Gasteiger partial charge < -0.3 is 5.32 Å². The Balaban J connectivity index is 2.17. The second-order valence-corrected chi connectivity index (χ2v) is 5.72. The molecule has 1 N–H and O–H groups in total. The molecule has 2 aromatic heterocycles. The number of aromatic nitrogens is 3. The van der Waals surface area contributed by atoms with Crippen LogP contribution in [0, 0.1) is 13.8 Å². The van der Waals surface area contributed by atoms with Gasteiger partial charge in [-0.25, -0.2) is 0 Å². The zero-order valence-electron chi connectivity index (χ0n) is 13.7. The highest BCUT2D eigenvalue weighted by molar-refractivity contribution is 5.26. The van der Waals surface area contributed by atoms with Crippen LogP contribution >= 0.6 is 0 Å². The average Bonchev–Trinajstić information content (AvgIpc) is 2.93. The van der Waals surface area contributed by atoms with Crippen LogP contribution in [0.1, 0.15) is 55.0 Å². The Morgan fingerprint density at radius 3 is 2.62 bits per heavy atom. The molecule has 0 spiro atoms. The van der Waals surface area contributed by atoms with E-state index >= 15 is 0 Å². The molecule has 0 aliphatic heterocycles. The van der Waals surface area contributed by atoms with Gasteiger partial charge in [-0.05, 0) is 51.9 Å². The Kier molecular flexibility index (Phi) is 5.12. The number of nitrogens with zero attached hydrogens (tertiary/aromatic N) is 3. The molecule has 2 rings (SSSR count). The van der Waals surface area contributed by atoms with E-state index in [0.717, 1.165) is 29.9 Å². The van der Waals surface area contributed by atoms with E-state index in [1.165, 1.54) is 5.56 Å². The molecule has 4 nitrogen and oxygen atoms in total. The normalized spacial score (nSPS) is 14.1. The van der Waals surface area contributed by atoms with E-state index in [1.807, 2.05) is 14.0 Å². The van der Waals surface area contributed by atoms with Crippen molar-refractivity contribution in [2.24, 2.45) is 0 Å². The third-order valence-corrected chi connectivity index (χ3v) is 4.11. The lowest BCUT2D eigenvalue weighted by atomic mass is 10.0. The Bertz CT molecular complexity index is 588. The standard InChI is InChI=1S/C17H26N4/c1-6-13(3)21-10-9-15(20-21)11-17(18-5)16-8-7-12(2)19-14(16)4/h7-10,13,17-18H,6,11H2,1-5H3. The topological polar surface area (TPSA) is 42.7 Å². The third kappa shape index (κ3) is 3.70. The van der Waals surface area contributed by atoms with Crippen LogP contribution in [0.25, 0.3) is 0 Å². The monoisotopic (exact) mass is 286 g/mol. The summed E-state index contributed by atoms with van der Waals surface area (Å²) in [5.41, 5.74) is 4.53. The highest BCUT2D eigenvalue weighted by Crippen LogP contribution is 2.21. The molecule has 21 heavy (non-hydrogen) atoms. The van der Waals surface area contributed by atoms with Crippen LogP contribution in [-0.4, -0.2) is 21.8 Å². The Hall–Kier alpha value is -1.68. The molecule has 0 fully saturated rings. The Morgan fingerprint density at radius 1 is 1.24 bits per heavy atom. The number of hydrogen-bond acceptors (Lipinski definition) is 3. The minimum atomic E-state index is 0.249. The van der Waals surface area contributed by atoms with Crippen LogP contribution in [-0.2, 0) is 6.42 Å². The summed E-state index contributed by atoms with van der Waals surface area (Å²) in [7, 11) is 2.00. The summed E-state index contributed by atoms with van der Waals surface area (Å²) in [6.45, 7) is 8.48. The van der Waals surface area contributed by atoms with Gasteiger partial charge in [0.05, 0.1) is 5.69 Å². The second-order valence-electron chi connectivity index (χ2n) is 5.72. The van der Waals surface area contributed by atoms with E-state index in [4.69, 9.17) is 5.10 Å². The molecule has 0 amide bonds. The molecule has 2 atom stereocenters. The zero-order chi connectivity index (χ0) is 15.4. The molecule has 2 unspecified atom stereocenters. The second kappa shape index (κ2) is 6.85. The molecule has 0 aliphatic rings. The first-order valence-corrected chi connectivity index (χ1v) is 7.70. The van der Waals surface area contributed by atoms with E-state index in [2.05, 4.69) is 60.1 Å². The summed E-state index contributed by atoms with van der Waals surface area (Å²) < 4.78 is 2.06. The molecule has 2 heterocycles. The first-order chi connectivity index (χ1) is 10.0. The van der Waals surface area contributed by atoms with Crippen LogP contribution in [0.4, 0.5) is 0 Å². The predicted molar refractivity (Wildman–Crippen MR) is 86.4 cm³/mol. The van der Waals surface area contributed by atoms with Crippen molar-refractivity contribution < 1.29 is 0 Å². The van der Waals surface area contributed by atoms with Gasteiger partial charge in [0.25, 0.3) is 0 Å². The van der Waals surface area contributed by atoms with Gasteiger partial charge in [-0.15, -0.1) is 0 Å². The predicted octanol–water partition coefficient (Wildman–Crippen LogP) is 3.37. The largest absolute Gasteiger partial charge is 0.313 e. The van der Waals surface area contributed by atoms with Crippen LogP contribution in [0.2, 0.25) is 0 Å². The van der Waals surface area contributed by atoms with E-state index in [9.17, 15) is 0 Å².